The third kappa shape index (κ3) is 5.33. The van der Waals surface area contributed by atoms with E-state index in [1.807, 2.05) is 0 Å². The first-order chi connectivity index (χ1) is 8.29. The molecular formula is C11H19N3O4. The lowest BCUT2D eigenvalue weighted by Crippen LogP contribution is -2.54. The van der Waals surface area contributed by atoms with Gasteiger partial charge in [0, 0.05) is 0 Å². The first-order valence-electron chi connectivity index (χ1n) is 5.49. The molecule has 2 atom stereocenters. The Morgan fingerprint density at radius 3 is 2.22 bits per heavy atom. The molecule has 18 heavy (non-hydrogen) atoms. The molecule has 2 unspecified atom stereocenters. The summed E-state index contributed by atoms with van der Waals surface area (Å²) in [5.41, 5.74) is 5.12. The van der Waals surface area contributed by atoms with Crippen LogP contribution in [0.3, 0.4) is 0 Å². The zero-order valence-corrected chi connectivity index (χ0v) is 10.5. The number of urea groups is 1. The van der Waals surface area contributed by atoms with Crippen molar-refractivity contribution in [2.24, 2.45) is 11.7 Å². The standard InChI is InChI=1S/C11H19N3O4/c1-4-5-7(10(16)17)13-11(18)14-8(6(2)3)9(12)15/h4,6-8H,1,5H2,2-3H3,(H2,12,15)(H,16,17)(H2,13,14,18). The van der Waals surface area contributed by atoms with Crippen LogP contribution in [0.1, 0.15) is 20.3 Å². The molecule has 0 aliphatic carbocycles. The zero-order valence-electron chi connectivity index (χ0n) is 10.5. The van der Waals surface area contributed by atoms with Gasteiger partial charge in [0.1, 0.15) is 12.1 Å². The Morgan fingerprint density at radius 1 is 1.33 bits per heavy atom. The van der Waals surface area contributed by atoms with E-state index in [-0.39, 0.29) is 12.3 Å². The molecule has 0 spiro atoms. The number of rotatable bonds is 7. The summed E-state index contributed by atoms with van der Waals surface area (Å²) in [7, 11) is 0. The number of carboxylic acid groups (broad SMARTS) is 1. The SMILES string of the molecule is C=CCC(NC(=O)NC(C(N)=O)C(C)C)C(=O)O. The smallest absolute Gasteiger partial charge is 0.326 e. The van der Waals surface area contributed by atoms with Gasteiger partial charge in [-0.15, -0.1) is 6.58 Å². The van der Waals surface area contributed by atoms with Crippen molar-refractivity contribution in [2.75, 3.05) is 0 Å². The van der Waals surface area contributed by atoms with Gasteiger partial charge in [-0.2, -0.15) is 0 Å². The van der Waals surface area contributed by atoms with E-state index < -0.39 is 30.0 Å². The largest absolute Gasteiger partial charge is 0.480 e. The number of nitrogens with two attached hydrogens (primary N) is 1. The molecule has 0 aromatic carbocycles. The average Bonchev–Trinajstić information content (AvgIpc) is 2.24. The molecule has 0 aromatic rings. The lowest BCUT2D eigenvalue weighted by Gasteiger charge is -2.20. The molecule has 0 aliphatic rings. The molecule has 0 aliphatic heterocycles. The molecule has 0 radical (unpaired) electrons. The number of aliphatic carboxylic acids is 1. The van der Waals surface area contributed by atoms with Gasteiger partial charge in [-0.05, 0) is 12.3 Å². The van der Waals surface area contributed by atoms with Crippen molar-refractivity contribution >= 4 is 17.9 Å². The zero-order chi connectivity index (χ0) is 14.3. The van der Waals surface area contributed by atoms with Crippen LogP contribution in [0.5, 0.6) is 0 Å². The number of nitrogens with one attached hydrogen (secondary N) is 2. The van der Waals surface area contributed by atoms with Crippen LogP contribution in [0, 0.1) is 5.92 Å². The molecule has 7 nitrogen and oxygen atoms in total. The Balaban J connectivity index is 4.51. The first-order valence-corrected chi connectivity index (χ1v) is 5.49. The van der Waals surface area contributed by atoms with Crippen molar-refractivity contribution in [1.82, 2.24) is 10.6 Å². The Hall–Kier alpha value is -2.05. The fourth-order valence-corrected chi connectivity index (χ4v) is 1.30. The van der Waals surface area contributed by atoms with E-state index in [0.29, 0.717) is 0 Å². The number of carboxylic acids is 1. The van der Waals surface area contributed by atoms with Gasteiger partial charge in [-0.3, -0.25) is 4.79 Å². The third-order valence-electron chi connectivity index (χ3n) is 2.27. The van der Waals surface area contributed by atoms with Crippen molar-refractivity contribution in [3.05, 3.63) is 12.7 Å². The molecule has 3 amide bonds. The van der Waals surface area contributed by atoms with Crippen LogP contribution in [0.25, 0.3) is 0 Å². The summed E-state index contributed by atoms with van der Waals surface area (Å²) in [6.45, 7) is 6.83. The average molecular weight is 257 g/mol. The molecule has 5 N–H and O–H groups in total. The molecule has 0 fully saturated rings. The van der Waals surface area contributed by atoms with Gasteiger partial charge in [-0.25, -0.2) is 9.59 Å². The first kappa shape index (κ1) is 16.0. The quantitative estimate of drug-likeness (QED) is 0.473. The topological polar surface area (TPSA) is 122 Å². The predicted octanol–water partition coefficient (Wildman–Crippen LogP) is -0.175. The summed E-state index contributed by atoms with van der Waals surface area (Å²) in [6.07, 6.45) is 1.47. The summed E-state index contributed by atoms with van der Waals surface area (Å²) < 4.78 is 0. The second kappa shape index (κ2) is 7.31. The predicted molar refractivity (Wildman–Crippen MR) is 65.7 cm³/mol. The molecule has 0 rings (SSSR count). The monoisotopic (exact) mass is 257 g/mol. The number of carbonyl (C=O) groups excluding carboxylic acids is 2. The van der Waals surface area contributed by atoms with E-state index >= 15 is 0 Å². The van der Waals surface area contributed by atoms with Crippen LogP contribution < -0.4 is 16.4 Å². The van der Waals surface area contributed by atoms with E-state index in [1.165, 1.54) is 6.08 Å². The second-order valence-electron chi connectivity index (χ2n) is 4.16. The minimum Gasteiger partial charge on any atom is -0.480 e. The van der Waals surface area contributed by atoms with Crippen LogP contribution in [0.2, 0.25) is 0 Å². The van der Waals surface area contributed by atoms with Crippen molar-refractivity contribution in [2.45, 2.75) is 32.4 Å². The van der Waals surface area contributed by atoms with Crippen molar-refractivity contribution in [3.8, 4) is 0 Å². The Kier molecular flexibility index (Phi) is 6.48. The maximum atomic E-state index is 11.5. The number of amides is 3. The van der Waals surface area contributed by atoms with Crippen LogP contribution >= 0.6 is 0 Å². The van der Waals surface area contributed by atoms with Crippen LogP contribution in [-0.4, -0.2) is 35.1 Å². The third-order valence-corrected chi connectivity index (χ3v) is 2.27. The highest BCUT2D eigenvalue weighted by Gasteiger charge is 2.24. The fourth-order valence-electron chi connectivity index (χ4n) is 1.30. The second-order valence-corrected chi connectivity index (χ2v) is 4.16. The van der Waals surface area contributed by atoms with Crippen molar-refractivity contribution in [1.29, 1.82) is 0 Å². The molecular weight excluding hydrogens is 238 g/mol. The molecule has 0 bridgehead atoms. The number of hydrogen-bond acceptors (Lipinski definition) is 3. The summed E-state index contributed by atoms with van der Waals surface area (Å²) in [4.78, 5) is 33.4. The Bertz CT molecular complexity index is 341. The molecule has 7 heteroatoms. The van der Waals surface area contributed by atoms with Gasteiger partial charge >= 0.3 is 12.0 Å². The van der Waals surface area contributed by atoms with Crippen LogP contribution in [-0.2, 0) is 9.59 Å². The van der Waals surface area contributed by atoms with Gasteiger partial charge in [0.2, 0.25) is 5.91 Å². The maximum absolute atomic E-state index is 11.5. The Labute approximate surface area is 105 Å². The Morgan fingerprint density at radius 2 is 1.89 bits per heavy atom. The normalized spacial score (nSPS) is 13.5. The van der Waals surface area contributed by atoms with Gasteiger partial charge < -0.3 is 21.5 Å². The molecule has 0 saturated carbocycles. The minimum atomic E-state index is -1.18. The lowest BCUT2D eigenvalue weighted by molar-refractivity contribution is -0.139. The van der Waals surface area contributed by atoms with E-state index in [9.17, 15) is 14.4 Å². The number of carbonyl (C=O) groups is 3. The summed E-state index contributed by atoms with van der Waals surface area (Å²) in [6, 6.07) is -2.67. The summed E-state index contributed by atoms with van der Waals surface area (Å²) in [5, 5.41) is 13.4. The highest BCUT2D eigenvalue weighted by Crippen LogP contribution is 2.01. The van der Waals surface area contributed by atoms with E-state index in [4.69, 9.17) is 10.8 Å². The van der Waals surface area contributed by atoms with E-state index in [2.05, 4.69) is 17.2 Å². The van der Waals surface area contributed by atoms with Gasteiger partial charge in [-0.1, -0.05) is 19.9 Å². The minimum absolute atomic E-state index is 0.0890. The van der Waals surface area contributed by atoms with E-state index in [1.54, 1.807) is 13.8 Å². The molecule has 0 aromatic heterocycles. The highest BCUT2D eigenvalue weighted by atomic mass is 16.4. The van der Waals surface area contributed by atoms with Crippen molar-refractivity contribution < 1.29 is 19.5 Å². The molecule has 0 heterocycles. The van der Waals surface area contributed by atoms with Crippen molar-refractivity contribution in [3.63, 3.8) is 0 Å². The number of primary amides is 1. The summed E-state index contributed by atoms with van der Waals surface area (Å²) in [5.74, 6) is -2.03. The van der Waals surface area contributed by atoms with E-state index in [0.717, 1.165) is 0 Å². The number of hydrogen-bond donors (Lipinski definition) is 4. The lowest BCUT2D eigenvalue weighted by atomic mass is 10.0. The van der Waals surface area contributed by atoms with Crippen LogP contribution in [0.4, 0.5) is 4.79 Å². The fraction of sp³-hybridized carbons (Fsp3) is 0.545. The summed E-state index contributed by atoms with van der Waals surface area (Å²) >= 11 is 0. The molecule has 0 saturated heterocycles. The van der Waals surface area contributed by atoms with Gasteiger partial charge in [0.25, 0.3) is 0 Å². The highest BCUT2D eigenvalue weighted by molar-refractivity contribution is 5.88. The maximum Gasteiger partial charge on any atom is 0.326 e. The van der Waals surface area contributed by atoms with Crippen LogP contribution in [0.15, 0.2) is 12.7 Å². The van der Waals surface area contributed by atoms with Gasteiger partial charge in [0.15, 0.2) is 0 Å². The molecule has 102 valence electrons. The van der Waals surface area contributed by atoms with Gasteiger partial charge in [0.05, 0.1) is 0 Å².